The fraction of sp³-hybridized carbons (Fsp3) is 0. The Morgan fingerprint density at radius 2 is 0.667 bits per heavy atom. The molecule has 0 unspecified atom stereocenters. The maximum Gasteiger partial charge on any atom is 1.04 e. The second-order valence-corrected chi connectivity index (χ2v) is 1.98. The third kappa shape index (κ3) is 184. The molecule has 0 aromatic heterocycles. The van der Waals surface area contributed by atoms with Gasteiger partial charge in [-0.25, -0.2) is 0 Å². The van der Waals surface area contributed by atoms with Crippen LogP contribution in [0.3, 0.4) is 0 Å². The van der Waals surface area contributed by atoms with Crippen molar-refractivity contribution >= 4 is 22.2 Å². The zero-order valence-corrected chi connectivity index (χ0v) is 13.6. The maximum atomic E-state index is 9.85. The predicted octanol–water partition coefficient (Wildman–Crippen LogP) is -3.39. The summed E-state index contributed by atoms with van der Waals surface area (Å²) in [5.41, 5.74) is 0. The molecule has 0 aliphatic heterocycles. The fourth-order valence-electron chi connectivity index (χ4n) is 0. The quantitative estimate of drug-likeness (QED) is 0.317. The van der Waals surface area contributed by atoms with E-state index in [-0.39, 0.29) is 103 Å². The van der Waals surface area contributed by atoms with Gasteiger partial charge in [0, 0.05) is 0 Å². The monoisotopic (exact) mass is 268 g/mol. The molecule has 0 bridgehead atoms. The Morgan fingerprint density at radius 3 is 0.667 bits per heavy atom. The van der Waals surface area contributed by atoms with Crippen LogP contribution in [0.2, 0.25) is 0 Å². The summed E-state index contributed by atoms with van der Waals surface area (Å²) in [5, 5.41) is 0. The number of rotatable bonds is 0. The summed E-state index contributed by atoms with van der Waals surface area (Å²) in [4.78, 5) is 0. The second kappa shape index (κ2) is 10.8. The first kappa shape index (κ1) is 24.5. The molecule has 0 aromatic rings. The van der Waals surface area contributed by atoms with Crippen molar-refractivity contribution in [1.29, 1.82) is 0 Å². The molecule has 0 aromatic carbocycles. The van der Waals surface area contributed by atoms with Crippen molar-refractivity contribution in [2.75, 3.05) is 0 Å². The fourth-order valence-corrected chi connectivity index (χ4v) is 0. The van der Waals surface area contributed by atoms with Crippen LogP contribution in [0.4, 0.5) is 31.4 Å². The van der Waals surface area contributed by atoms with Crippen LogP contribution in [0.25, 0.3) is 0 Å². The molecule has 12 heteroatoms. The SMILES string of the molecule is F[B-](F)(F)F.[F][Al-]([F])([F])[F].[K+].[K+]. The average Bonchev–Trinajstić information content (AvgIpc) is 1.12. The van der Waals surface area contributed by atoms with Crippen LogP contribution in [-0.2, 0) is 0 Å². The van der Waals surface area contributed by atoms with Crippen LogP contribution in [0, 0.1) is 0 Å². The van der Waals surface area contributed by atoms with Gasteiger partial charge in [-0.15, -0.1) is 0 Å². The van der Waals surface area contributed by atoms with Crippen molar-refractivity contribution in [3.8, 4) is 0 Å². The summed E-state index contributed by atoms with van der Waals surface area (Å²) >= 11 is -6.83. The van der Waals surface area contributed by atoms with Gasteiger partial charge in [0.2, 0.25) is 0 Å². The molecule has 0 aliphatic rings. The van der Waals surface area contributed by atoms with E-state index >= 15 is 0 Å². The summed E-state index contributed by atoms with van der Waals surface area (Å²) in [5.74, 6) is 0. The summed E-state index contributed by atoms with van der Waals surface area (Å²) in [6.07, 6.45) is 0. The van der Waals surface area contributed by atoms with Gasteiger partial charge in [-0.1, -0.05) is 0 Å². The number of hydrogen-bond acceptors (Lipinski definition) is 0. The van der Waals surface area contributed by atoms with Gasteiger partial charge in [-0.05, 0) is 0 Å². The average molecular weight is 268 g/mol. The van der Waals surface area contributed by atoms with Gasteiger partial charge < -0.3 is 31.4 Å². The topological polar surface area (TPSA) is 0 Å². The zero-order valence-electron chi connectivity index (χ0n) is 6.18. The summed E-state index contributed by atoms with van der Waals surface area (Å²) in [7, 11) is -6.00. The largest absolute Gasteiger partial charge is 1.04 e. The second-order valence-electron chi connectivity index (χ2n) is 0.990. The Bertz CT molecular complexity index is 60.0. The van der Waals surface area contributed by atoms with Gasteiger partial charge in [0.05, 0.1) is 0 Å². The Kier molecular flexibility index (Phi) is 22.1. The Morgan fingerprint density at radius 1 is 0.667 bits per heavy atom. The smallest absolute Gasteiger partial charge is 0.510 e. The molecule has 12 heavy (non-hydrogen) atoms. The van der Waals surface area contributed by atoms with Crippen LogP contribution >= 0.6 is 0 Å². The van der Waals surface area contributed by atoms with Crippen LogP contribution in [-0.4, -0.2) is 22.2 Å². The minimum Gasteiger partial charge on any atom is -0.510 e. The van der Waals surface area contributed by atoms with Gasteiger partial charge in [-0.2, -0.15) is 0 Å². The third-order valence-corrected chi connectivity index (χ3v) is 0. The normalized spacial score (nSPS) is 10.0. The predicted molar refractivity (Wildman–Crippen MR) is 20.4 cm³/mol. The van der Waals surface area contributed by atoms with Crippen molar-refractivity contribution in [3.05, 3.63) is 0 Å². The van der Waals surface area contributed by atoms with Gasteiger partial charge in [0.15, 0.2) is 0 Å². The van der Waals surface area contributed by atoms with E-state index in [2.05, 4.69) is 0 Å². The Hall–Kier alpha value is 3.31. The maximum absolute atomic E-state index is 9.85. The molecule has 0 spiro atoms. The number of hydrogen-bond donors (Lipinski definition) is 0. The van der Waals surface area contributed by atoms with Crippen molar-refractivity contribution in [1.82, 2.24) is 0 Å². The van der Waals surface area contributed by atoms with E-state index in [4.69, 9.17) is 0 Å². The molecule has 0 radical (unpaired) electrons. The molecule has 0 fully saturated rings. The molecule has 0 atom stereocenters. The Labute approximate surface area is 152 Å². The molecular weight excluding hydrogens is 268 g/mol. The molecule has 0 saturated heterocycles. The first-order valence-electron chi connectivity index (χ1n) is 1.75. The Balaban J connectivity index is -0.0000000457. The van der Waals surface area contributed by atoms with E-state index in [0.29, 0.717) is 0 Å². The summed E-state index contributed by atoms with van der Waals surface area (Å²) in [6.45, 7) is 0. The molecule has 0 rings (SSSR count). The van der Waals surface area contributed by atoms with Crippen LogP contribution in [0.5, 0.6) is 0 Å². The molecule has 0 nitrogen and oxygen atoms in total. The van der Waals surface area contributed by atoms with E-state index < -0.39 is 22.2 Å². The number of halogens is 8. The minimum absolute atomic E-state index is 0. The van der Waals surface area contributed by atoms with Gasteiger partial charge in [0.1, 0.15) is 0 Å². The minimum atomic E-state index is -6.83. The third-order valence-electron chi connectivity index (χ3n) is 0. The van der Waals surface area contributed by atoms with E-state index in [1.807, 2.05) is 0 Å². The molecule has 0 heterocycles. The van der Waals surface area contributed by atoms with Crippen molar-refractivity contribution in [2.24, 2.45) is 0 Å². The molecule has 0 saturated carbocycles. The zero-order chi connectivity index (χ0) is 9.00. The van der Waals surface area contributed by atoms with Crippen molar-refractivity contribution in [2.45, 2.75) is 0 Å². The van der Waals surface area contributed by atoms with Gasteiger partial charge in [-0.3, -0.25) is 0 Å². The summed E-state index contributed by atoms with van der Waals surface area (Å²) < 4.78 is 78.4. The van der Waals surface area contributed by atoms with E-state index in [9.17, 15) is 31.4 Å². The standard InChI is InChI=1S/Al.BF4.4FH.2K/c;2-1(3,4)5;;;;;;/h;;4*1H;;/q+3;-1;;;;;2*+1/p-4. The van der Waals surface area contributed by atoms with E-state index in [1.54, 1.807) is 0 Å². The molecule has 0 N–H and O–H groups in total. The summed E-state index contributed by atoms with van der Waals surface area (Å²) in [6, 6.07) is 0. The van der Waals surface area contributed by atoms with Crippen molar-refractivity contribution in [3.63, 3.8) is 0 Å². The first-order valence-corrected chi connectivity index (χ1v) is 3.49. The van der Waals surface area contributed by atoms with Crippen LogP contribution < -0.4 is 103 Å². The van der Waals surface area contributed by atoms with Gasteiger partial charge in [0.25, 0.3) is 0 Å². The molecule has 64 valence electrons. The van der Waals surface area contributed by atoms with Crippen LogP contribution in [0.15, 0.2) is 0 Å². The van der Waals surface area contributed by atoms with E-state index in [1.165, 1.54) is 0 Å². The first-order chi connectivity index (χ1) is 4.00. The molecule has 0 amide bonds. The van der Waals surface area contributed by atoms with E-state index in [0.717, 1.165) is 0 Å². The van der Waals surface area contributed by atoms with Crippen LogP contribution in [0.1, 0.15) is 0 Å². The molecular formula is AlBF8K2. The van der Waals surface area contributed by atoms with Gasteiger partial charge >= 0.3 is 125 Å². The van der Waals surface area contributed by atoms with Crippen molar-refractivity contribution < 1.29 is 134 Å². The molecule has 0 aliphatic carbocycles.